The fraction of sp³-hybridized carbons (Fsp3) is 0.417. The molecule has 0 heterocycles. The number of esters is 1. The van der Waals surface area contributed by atoms with Crippen LogP contribution in [0, 0.1) is 0 Å². The average molecular weight is 360 g/mol. The summed E-state index contributed by atoms with van der Waals surface area (Å²) in [7, 11) is -4.93. The van der Waals surface area contributed by atoms with E-state index in [4.69, 9.17) is 9.29 Å². The molecule has 130 valence electrons. The van der Waals surface area contributed by atoms with Crippen LogP contribution in [0.1, 0.15) is 16.8 Å². The van der Waals surface area contributed by atoms with Crippen molar-refractivity contribution in [3.05, 3.63) is 29.8 Å². The third kappa shape index (κ3) is 4.32. The standard InChI is InChI=1S/C12H12F4O6S/c1-21-9-4-2-8(3-5-9)10(17)22-7-6-11(13,14)12(15,16)23(18,19)20/h2-5H,6-7H2,1H3,(H,18,19,20). The Balaban J connectivity index is 2.66. The maximum atomic E-state index is 13.2. The molecule has 0 aliphatic rings. The summed E-state index contributed by atoms with van der Waals surface area (Å²) in [6.07, 6.45) is -1.79. The fourth-order valence-corrected chi connectivity index (χ4v) is 1.90. The Hall–Kier alpha value is -1.88. The lowest BCUT2D eigenvalue weighted by molar-refractivity contribution is -0.168. The van der Waals surface area contributed by atoms with Gasteiger partial charge in [0.25, 0.3) is 0 Å². The first-order valence-electron chi connectivity index (χ1n) is 5.96. The van der Waals surface area contributed by atoms with Crippen LogP contribution in [-0.4, -0.2) is 43.8 Å². The number of rotatable bonds is 7. The van der Waals surface area contributed by atoms with E-state index in [0.29, 0.717) is 5.75 Å². The average Bonchev–Trinajstić information content (AvgIpc) is 2.45. The van der Waals surface area contributed by atoms with Gasteiger partial charge in [-0.15, -0.1) is 0 Å². The largest absolute Gasteiger partial charge is 0.497 e. The summed E-state index contributed by atoms with van der Waals surface area (Å²) in [5.74, 6) is -5.76. The van der Waals surface area contributed by atoms with Gasteiger partial charge >= 0.3 is 27.3 Å². The minimum Gasteiger partial charge on any atom is -0.497 e. The van der Waals surface area contributed by atoms with Crippen LogP contribution in [0.3, 0.4) is 0 Å². The van der Waals surface area contributed by atoms with Gasteiger partial charge < -0.3 is 9.47 Å². The number of ether oxygens (including phenoxy) is 2. The highest BCUT2D eigenvalue weighted by molar-refractivity contribution is 7.87. The molecule has 1 N–H and O–H groups in total. The van der Waals surface area contributed by atoms with Gasteiger partial charge in [0.2, 0.25) is 0 Å². The van der Waals surface area contributed by atoms with Crippen molar-refractivity contribution in [2.75, 3.05) is 13.7 Å². The van der Waals surface area contributed by atoms with Gasteiger partial charge in [-0.05, 0) is 24.3 Å². The number of carbonyl (C=O) groups is 1. The molecule has 0 aromatic heterocycles. The molecular weight excluding hydrogens is 348 g/mol. The van der Waals surface area contributed by atoms with E-state index in [2.05, 4.69) is 4.74 Å². The molecule has 1 aromatic carbocycles. The van der Waals surface area contributed by atoms with E-state index in [1.165, 1.54) is 31.4 Å². The van der Waals surface area contributed by atoms with Crippen molar-refractivity contribution in [3.63, 3.8) is 0 Å². The van der Waals surface area contributed by atoms with E-state index in [1.807, 2.05) is 0 Å². The SMILES string of the molecule is COc1ccc(C(=O)OCCC(F)(F)C(F)(F)S(=O)(=O)O)cc1. The number of carbonyl (C=O) groups excluding carboxylic acids is 1. The zero-order chi connectivity index (χ0) is 17.9. The van der Waals surface area contributed by atoms with Crippen LogP contribution in [0.25, 0.3) is 0 Å². The van der Waals surface area contributed by atoms with E-state index in [9.17, 15) is 30.8 Å². The zero-order valence-corrected chi connectivity index (χ0v) is 12.4. The molecular formula is C12H12F4O6S. The second-order valence-corrected chi connectivity index (χ2v) is 5.77. The Kier molecular flexibility index (Phi) is 5.59. The van der Waals surface area contributed by atoms with Crippen molar-refractivity contribution in [2.24, 2.45) is 0 Å². The van der Waals surface area contributed by atoms with Crippen LogP contribution in [0.15, 0.2) is 24.3 Å². The summed E-state index contributed by atoms with van der Waals surface area (Å²) in [6.45, 7) is -1.18. The second-order valence-electron chi connectivity index (χ2n) is 4.31. The van der Waals surface area contributed by atoms with Gasteiger partial charge in [0.15, 0.2) is 0 Å². The fourth-order valence-electron chi connectivity index (χ4n) is 1.42. The molecule has 0 unspecified atom stereocenters. The summed E-state index contributed by atoms with van der Waals surface area (Å²) in [4.78, 5) is 11.5. The van der Waals surface area contributed by atoms with Gasteiger partial charge in [-0.2, -0.15) is 26.0 Å². The summed E-state index contributed by atoms with van der Waals surface area (Å²) in [5.41, 5.74) is -0.0457. The molecule has 0 saturated carbocycles. The van der Waals surface area contributed by atoms with Crippen molar-refractivity contribution in [1.29, 1.82) is 0 Å². The molecule has 0 spiro atoms. The van der Waals surface area contributed by atoms with E-state index in [1.54, 1.807) is 0 Å². The van der Waals surface area contributed by atoms with E-state index < -0.39 is 40.3 Å². The highest BCUT2D eigenvalue weighted by Crippen LogP contribution is 2.40. The van der Waals surface area contributed by atoms with Gasteiger partial charge in [0.1, 0.15) is 5.75 Å². The van der Waals surface area contributed by atoms with Crippen molar-refractivity contribution >= 4 is 16.1 Å². The van der Waals surface area contributed by atoms with Gasteiger partial charge in [-0.25, -0.2) is 4.79 Å². The molecule has 0 aliphatic carbocycles. The monoisotopic (exact) mass is 360 g/mol. The lowest BCUT2D eigenvalue weighted by atomic mass is 10.2. The predicted octanol–water partition coefficient (Wildman–Crippen LogP) is 2.36. The van der Waals surface area contributed by atoms with Gasteiger partial charge in [0.05, 0.1) is 25.7 Å². The number of alkyl halides is 4. The molecule has 0 aliphatic heterocycles. The maximum absolute atomic E-state index is 13.2. The Labute approximate surface area is 128 Å². The Morgan fingerprint density at radius 2 is 1.70 bits per heavy atom. The third-order valence-corrected chi connectivity index (χ3v) is 3.67. The number of methoxy groups -OCH3 is 1. The smallest absolute Gasteiger partial charge is 0.431 e. The number of halogens is 4. The Morgan fingerprint density at radius 3 is 2.13 bits per heavy atom. The van der Waals surface area contributed by atoms with Gasteiger partial charge in [-0.1, -0.05) is 0 Å². The van der Waals surface area contributed by atoms with Crippen LogP contribution in [-0.2, 0) is 14.9 Å². The lowest BCUT2D eigenvalue weighted by Gasteiger charge is -2.23. The van der Waals surface area contributed by atoms with Crippen LogP contribution in [0.5, 0.6) is 5.75 Å². The molecule has 1 rings (SSSR count). The third-order valence-electron chi connectivity index (χ3n) is 2.72. The van der Waals surface area contributed by atoms with E-state index >= 15 is 0 Å². The summed E-state index contributed by atoms with van der Waals surface area (Å²) >= 11 is 0. The number of benzene rings is 1. The number of hydrogen-bond acceptors (Lipinski definition) is 5. The van der Waals surface area contributed by atoms with Crippen LogP contribution in [0.2, 0.25) is 0 Å². The minimum atomic E-state index is -6.31. The minimum absolute atomic E-state index is 0.0457. The molecule has 23 heavy (non-hydrogen) atoms. The van der Waals surface area contributed by atoms with E-state index in [-0.39, 0.29) is 5.56 Å². The topological polar surface area (TPSA) is 89.9 Å². The molecule has 6 nitrogen and oxygen atoms in total. The Bertz CT molecular complexity index is 657. The van der Waals surface area contributed by atoms with Gasteiger partial charge in [0, 0.05) is 0 Å². The molecule has 0 radical (unpaired) electrons. The molecule has 0 fully saturated rings. The molecule has 11 heteroatoms. The van der Waals surface area contributed by atoms with Gasteiger partial charge in [-0.3, -0.25) is 4.55 Å². The first-order valence-corrected chi connectivity index (χ1v) is 7.40. The molecule has 0 saturated heterocycles. The van der Waals surface area contributed by atoms with Crippen molar-refractivity contribution in [1.82, 2.24) is 0 Å². The normalized spacial score (nSPS) is 12.8. The van der Waals surface area contributed by atoms with Crippen LogP contribution < -0.4 is 4.74 Å². The summed E-state index contributed by atoms with van der Waals surface area (Å²) in [6, 6.07) is 5.29. The first-order chi connectivity index (χ1) is 10.4. The predicted molar refractivity (Wildman–Crippen MR) is 69.3 cm³/mol. The molecule has 0 atom stereocenters. The quantitative estimate of drug-likeness (QED) is 0.456. The highest BCUT2D eigenvalue weighted by Gasteiger charge is 2.65. The van der Waals surface area contributed by atoms with Crippen LogP contribution in [0.4, 0.5) is 17.6 Å². The molecule has 0 amide bonds. The maximum Gasteiger partial charge on any atom is 0.431 e. The molecule has 1 aromatic rings. The Morgan fingerprint density at radius 1 is 1.17 bits per heavy atom. The van der Waals surface area contributed by atoms with Crippen molar-refractivity contribution in [2.45, 2.75) is 17.6 Å². The highest BCUT2D eigenvalue weighted by atomic mass is 32.2. The van der Waals surface area contributed by atoms with Crippen LogP contribution >= 0.6 is 0 Å². The summed E-state index contributed by atoms with van der Waals surface area (Å²) < 4.78 is 90.0. The number of hydrogen-bond donors (Lipinski definition) is 1. The summed E-state index contributed by atoms with van der Waals surface area (Å²) in [5, 5.41) is -5.69. The lowest BCUT2D eigenvalue weighted by Crippen LogP contribution is -2.47. The molecule has 0 bridgehead atoms. The van der Waals surface area contributed by atoms with E-state index in [0.717, 1.165) is 0 Å². The first kappa shape index (κ1) is 19.2. The van der Waals surface area contributed by atoms with Crippen molar-refractivity contribution in [3.8, 4) is 5.75 Å². The second kappa shape index (κ2) is 6.71. The van der Waals surface area contributed by atoms with Crippen molar-refractivity contribution < 1.29 is 44.8 Å². The zero-order valence-electron chi connectivity index (χ0n) is 11.6.